The zero-order valence-electron chi connectivity index (χ0n) is 16.8. The van der Waals surface area contributed by atoms with Gasteiger partial charge in [-0.3, -0.25) is 14.4 Å². The van der Waals surface area contributed by atoms with Gasteiger partial charge in [-0.2, -0.15) is 0 Å². The Kier molecular flexibility index (Phi) is 6.65. The fourth-order valence-electron chi connectivity index (χ4n) is 3.27. The van der Waals surface area contributed by atoms with Crippen LogP contribution in [0.1, 0.15) is 30.0 Å². The summed E-state index contributed by atoms with van der Waals surface area (Å²) in [5.74, 6) is -1.53. The Hall–Kier alpha value is -3.15. The van der Waals surface area contributed by atoms with Gasteiger partial charge in [-0.05, 0) is 36.6 Å². The minimum atomic E-state index is -0.537. The van der Waals surface area contributed by atoms with Crippen molar-refractivity contribution in [2.75, 3.05) is 18.5 Å². The van der Waals surface area contributed by atoms with Crippen molar-refractivity contribution < 1.29 is 19.1 Å². The quantitative estimate of drug-likeness (QED) is 0.733. The van der Waals surface area contributed by atoms with Gasteiger partial charge in [0.05, 0.1) is 5.92 Å². The molecule has 1 heterocycles. The Balaban J connectivity index is 1.45. The largest absolute Gasteiger partial charge is 0.455 e. The summed E-state index contributed by atoms with van der Waals surface area (Å²) >= 11 is 0. The van der Waals surface area contributed by atoms with E-state index in [9.17, 15) is 14.4 Å². The number of hydrogen-bond donors (Lipinski definition) is 1. The maximum atomic E-state index is 12.3. The number of nitrogens with zero attached hydrogens (tertiary/aromatic N) is 1. The van der Waals surface area contributed by atoms with Gasteiger partial charge in [0.2, 0.25) is 5.91 Å². The molecule has 0 bridgehead atoms. The number of rotatable bonds is 7. The van der Waals surface area contributed by atoms with Crippen molar-refractivity contribution in [2.24, 2.45) is 5.92 Å². The summed E-state index contributed by atoms with van der Waals surface area (Å²) in [6, 6.07) is 15.5. The molecule has 29 heavy (non-hydrogen) atoms. The predicted molar refractivity (Wildman–Crippen MR) is 110 cm³/mol. The van der Waals surface area contributed by atoms with E-state index < -0.39 is 17.8 Å². The fourth-order valence-corrected chi connectivity index (χ4v) is 3.27. The van der Waals surface area contributed by atoms with Crippen molar-refractivity contribution >= 4 is 23.5 Å². The minimum absolute atomic E-state index is 0.0759. The Morgan fingerprint density at radius 1 is 1.07 bits per heavy atom. The Morgan fingerprint density at radius 2 is 1.72 bits per heavy atom. The molecule has 2 aromatic carbocycles. The summed E-state index contributed by atoms with van der Waals surface area (Å²) in [6.45, 7) is 4.48. The highest BCUT2D eigenvalue weighted by molar-refractivity contribution is 5.93. The lowest BCUT2D eigenvalue weighted by Crippen LogP contribution is -2.28. The van der Waals surface area contributed by atoms with Gasteiger partial charge in [-0.1, -0.05) is 48.9 Å². The van der Waals surface area contributed by atoms with E-state index in [-0.39, 0.29) is 18.9 Å². The first-order valence-electron chi connectivity index (χ1n) is 9.83. The SMILES string of the molecule is CCc1ccc(NC(=O)COC(=O)C2CC(=O)N(Cc3ccc(C)cc3)C2)cc1. The van der Waals surface area contributed by atoms with Gasteiger partial charge in [0.1, 0.15) is 0 Å². The van der Waals surface area contributed by atoms with Gasteiger partial charge in [0, 0.05) is 25.2 Å². The standard InChI is InChI=1S/C23H26N2O4/c1-3-17-8-10-20(11-9-17)24-21(26)15-29-23(28)19-12-22(27)25(14-19)13-18-6-4-16(2)5-7-18/h4-11,19H,3,12-15H2,1-2H3,(H,24,26). The first-order valence-corrected chi connectivity index (χ1v) is 9.83. The molecular formula is C23H26N2O4. The summed E-state index contributed by atoms with van der Waals surface area (Å²) < 4.78 is 5.14. The van der Waals surface area contributed by atoms with Crippen LogP contribution in [0.5, 0.6) is 0 Å². The van der Waals surface area contributed by atoms with Crippen molar-refractivity contribution in [2.45, 2.75) is 33.2 Å². The predicted octanol–water partition coefficient (Wildman–Crippen LogP) is 3.09. The van der Waals surface area contributed by atoms with Gasteiger partial charge < -0.3 is 15.0 Å². The number of aryl methyl sites for hydroxylation is 2. The summed E-state index contributed by atoms with van der Waals surface area (Å²) in [5.41, 5.74) is 4.01. The number of hydrogen-bond acceptors (Lipinski definition) is 4. The molecule has 1 aliphatic heterocycles. The number of benzene rings is 2. The highest BCUT2D eigenvalue weighted by Gasteiger charge is 2.35. The third-order valence-corrected chi connectivity index (χ3v) is 5.03. The van der Waals surface area contributed by atoms with E-state index in [2.05, 4.69) is 12.2 Å². The average molecular weight is 394 g/mol. The molecule has 0 saturated carbocycles. The third-order valence-electron chi connectivity index (χ3n) is 5.03. The topological polar surface area (TPSA) is 75.7 Å². The van der Waals surface area contributed by atoms with Crippen molar-refractivity contribution in [3.05, 3.63) is 65.2 Å². The van der Waals surface area contributed by atoms with Gasteiger partial charge in [0.15, 0.2) is 6.61 Å². The van der Waals surface area contributed by atoms with E-state index in [0.717, 1.165) is 17.5 Å². The summed E-state index contributed by atoms with van der Waals surface area (Å²) in [7, 11) is 0. The molecule has 1 fully saturated rings. The lowest BCUT2D eigenvalue weighted by molar-refractivity contribution is -0.151. The first-order chi connectivity index (χ1) is 13.9. The van der Waals surface area contributed by atoms with Crippen LogP contribution in [0.3, 0.4) is 0 Å². The first kappa shape index (κ1) is 20.6. The number of amides is 2. The van der Waals surface area contributed by atoms with Crippen LogP contribution in [0.25, 0.3) is 0 Å². The molecule has 1 unspecified atom stereocenters. The average Bonchev–Trinajstić information content (AvgIpc) is 3.09. The number of likely N-dealkylation sites (tertiary alicyclic amines) is 1. The highest BCUT2D eigenvalue weighted by Crippen LogP contribution is 2.21. The third kappa shape index (κ3) is 5.67. The Labute approximate surface area is 170 Å². The fraction of sp³-hybridized carbons (Fsp3) is 0.348. The van der Waals surface area contributed by atoms with Crippen LogP contribution in [0.4, 0.5) is 5.69 Å². The number of nitrogens with one attached hydrogen (secondary N) is 1. The molecule has 1 N–H and O–H groups in total. The molecule has 2 aromatic rings. The van der Waals surface area contributed by atoms with E-state index in [4.69, 9.17) is 4.74 Å². The van der Waals surface area contributed by atoms with Crippen molar-refractivity contribution in [1.29, 1.82) is 0 Å². The van der Waals surface area contributed by atoms with E-state index in [1.54, 1.807) is 4.90 Å². The van der Waals surface area contributed by atoms with Crippen LogP contribution in [-0.4, -0.2) is 35.8 Å². The van der Waals surface area contributed by atoms with E-state index in [1.165, 1.54) is 5.56 Å². The van der Waals surface area contributed by atoms with Crippen molar-refractivity contribution in [1.82, 2.24) is 4.90 Å². The number of ether oxygens (including phenoxy) is 1. The normalized spacial score (nSPS) is 16.0. The molecule has 1 atom stereocenters. The molecule has 6 heteroatoms. The van der Waals surface area contributed by atoms with Crippen molar-refractivity contribution in [3.63, 3.8) is 0 Å². The Morgan fingerprint density at radius 3 is 2.38 bits per heavy atom. The zero-order chi connectivity index (χ0) is 20.8. The maximum absolute atomic E-state index is 12.3. The molecule has 1 aliphatic rings. The smallest absolute Gasteiger partial charge is 0.311 e. The summed E-state index contributed by atoms with van der Waals surface area (Å²) in [5, 5.41) is 2.70. The molecule has 1 saturated heterocycles. The second-order valence-corrected chi connectivity index (χ2v) is 7.37. The van der Waals surface area contributed by atoms with Gasteiger partial charge >= 0.3 is 5.97 Å². The van der Waals surface area contributed by atoms with Crippen LogP contribution >= 0.6 is 0 Å². The molecule has 3 rings (SSSR count). The molecular weight excluding hydrogens is 368 g/mol. The van der Waals surface area contributed by atoms with Crippen LogP contribution < -0.4 is 5.32 Å². The van der Waals surface area contributed by atoms with Crippen molar-refractivity contribution in [3.8, 4) is 0 Å². The number of esters is 1. The van der Waals surface area contributed by atoms with Crippen LogP contribution in [-0.2, 0) is 32.1 Å². The highest BCUT2D eigenvalue weighted by atomic mass is 16.5. The minimum Gasteiger partial charge on any atom is -0.455 e. The van der Waals surface area contributed by atoms with Crippen LogP contribution in [0.15, 0.2) is 48.5 Å². The van der Waals surface area contributed by atoms with E-state index in [0.29, 0.717) is 18.8 Å². The van der Waals surface area contributed by atoms with Crippen LogP contribution in [0.2, 0.25) is 0 Å². The zero-order valence-corrected chi connectivity index (χ0v) is 16.8. The Bertz CT molecular complexity index is 875. The number of anilines is 1. The van der Waals surface area contributed by atoms with Crippen LogP contribution in [0, 0.1) is 12.8 Å². The summed E-state index contributed by atoms with van der Waals surface area (Å²) in [4.78, 5) is 38.2. The molecule has 0 aliphatic carbocycles. The van der Waals surface area contributed by atoms with Gasteiger partial charge in [0.25, 0.3) is 5.91 Å². The lowest BCUT2D eigenvalue weighted by atomic mass is 10.1. The number of carbonyl (C=O) groups excluding carboxylic acids is 3. The molecule has 6 nitrogen and oxygen atoms in total. The molecule has 152 valence electrons. The van der Waals surface area contributed by atoms with E-state index >= 15 is 0 Å². The molecule has 2 amide bonds. The molecule has 0 radical (unpaired) electrons. The van der Waals surface area contributed by atoms with Gasteiger partial charge in [-0.15, -0.1) is 0 Å². The second-order valence-electron chi connectivity index (χ2n) is 7.37. The molecule has 0 spiro atoms. The van der Waals surface area contributed by atoms with E-state index in [1.807, 2.05) is 55.5 Å². The van der Waals surface area contributed by atoms with Gasteiger partial charge in [-0.25, -0.2) is 0 Å². The number of carbonyl (C=O) groups is 3. The lowest BCUT2D eigenvalue weighted by Gasteiger charge is -2.16. The molecule has 0 aromatic heterocycles. The summed E-state index contributed by atoms with van der Waals surface area (Å²) in [6.07, 6.45) is 1.04. The second kappa shape index (κ2) is 9.37. The monoisotopic (exact) mass is 394 g/mol. The maximum Gasteiger partial charge on any atom is 0.311 e.